The highest BCUT2D eigenvalue weighted by Crippen LogP contribution is 2.31. The van der Waals surface area contributed by atoms with Crippen molar-refractivity contribution >= 4 is 17.7 Å². The number of carbonyl (C=O) groups is 1. The second kappa shape index (κ2) is 11.7. The Balaban J connectivity index is 1.48. The maximum Gasteiger partial charge on any atom is 0.230 e. The predicted molar refractivity (Wildman–Crippen MR) is 136 cm³/mol. The fourth-order valence-electron chi connectivity index (χ4n) is 3.64. The van der Waals surface area contributed by atoms with Gasteiger partial charge in [0.1, 0.15) is 11.6 Å². The Kier molecular flexibility index (Phi) is 8.15. The first-order valence-corrected chi connectivity index (χ1v) is 12.3. The van der Waals surface area contributed by atoms with Gasteiger partial charge in [-0.05, 0) is 48.2 Å². The van der Waals surface area contributed by atoms with E-state index in [1.165, 1.54) is 23.4 Å². The average molecular weight is 491 g/mol. The number of halogens is 1. The predicted octanol–water partition coefficient (Wildman–Crippen LogP) is 5.05. The van der Waals surface area contributed by atoms with E-state index in [0.717, 1.165) is 17.5 Å². The molecule has 0 saturated carbocycles. The molecule has 0 radical (unpaired) electrons. The van der Waals surface area contributed by atoms with E-state index in [1.807, 2.05) is 53.1 Å². The van der Waals surface area contributed by atoms with Gasteiger partial charge in [0.25, 0.3) is 0 Å². The van der Waals surface area contributed by atoms with Gasteiger partial charge in [0.05, 0.1) is 18.4 Å². The molecular weight excluding hydrogens is 463 g/mol. The summed E-state index contributed by atoms with van der Waals surface area (Å²) in [6, 6.07) is 22.8. The molecule has 4 rings (SSSR count). The van der Waals surface area contributed by atoms with Crippen LogP contribution in [0.2, 0.25) is 0 Å². The van der Waals surface area contributed by atoms with E-state index in [1.54, 1.807) is 20.1 Å². The maximum absolute atomic E-state index is 13.8. The van der Waals surface area contributed by atoms with E-state index >= 15 is 0 Å². The lowest BCUT2D eigenvalue weighted by molar-refractivity contribution is -0.118. The molecule has 8 heteroatoms. The number of rotatable bonds is 10. The minimum absolute atomic E-state index is 0.160. The molecule has 180 valence electrons. The van der Waals surface area contributed by atoms with Crippen molar-refractivity contribution < 1.29 is 13.9 Å². The molecule has 1 aromatic heterocycles. The standard InChI is InChI=1S/C27H27FN4O2S/c1-19-12-13-21(16-23(19)28)17-29-25(33)18-35-27-31-30-26(22-10-6-7-11-24(22)34-2)32(27)15-14-20-8-4-3-5-9-20/h3-13,16H,14-15,17-18H2,1-2H3,(H,29,33). The number of hydrogen-bond donors (Lipinski definition) is 1. The second-order valence-corrected chi connectivity index (χ2v) is 8.99. The van der Waals surface area contributed by atoms with E-state index in [4.69, 9.17) is 4.74 Å². The largest absolute Gasteiger partial charge is 0.496 e. The van der Waals surface area contributed by atoms with Gasteiger partial charge in [0.15, 0.2) is 11.0 Å². The van der Waals surface area contributed by atoms with Crippen LogP contribution < -0.4 is 10.1 Å². The molecule has 0 spiro atoms. The van der Waals surface area contributed by atoms with Crippen LogP contribution in [-0.2, 0) is 24.3 Å². The lowest BCUT2D eigenvalue weighted by Crippen LogP contribution is -2.24. The van der Waals surface area contributed by atoms with Gasteiger partial charge in [0, 0.05) is 13.1 Å². The summed E-state index contributed by atoms with van der Waals surface area (Å²) in [5.74, 6) is 1.13. The summed E-state index contributed by atoms with van der Waals surface area (Å²) >= 11 is 1.32. The van der Waals surface area contributed by atoms with Crippen molar-refractivity contribution in [1.82, 2.24) is 20.1 Å². The Bertz CT molecular complexity index is 1290. The molecule has 0 bridgehead atoms. The van der Waals surface area contributed by atoms with Crippen LogP contribution in [0.1, 0.15) is 16.7 Å². The van der Waals surface area contributed by atoms with E-state index in [-0.39, 0.29) is 24.0 Å². The van der Waals surface area contributed by atoms with Crippen LogP contribution in [0.5, 0.6) is 5.75 Å². The van der Waals surface area contributed by atoms with Crippen LogP contribution in [0.3, 0.4) is 0 Å². The summed E-state index contributed by atoms with van der Waals surface area (Å²) in [6.45, 7) is 2.63. The third-order valence-corrected chi connectivity index (χ3v) is 6.56. The van der Waals surface area contributed by atoms with Gasteiger partial charge in [-0.15, -0.1) is 10.2 Å². The van der Waals surface area contributed by atoms with Gasteiger partial charge in [-0.25, -0.2) is 4.39 Å². The van der Waals surface area contributed by atoms with Gasteiger partial charge in [0.2, 0.25) is 5.91 Å². The van der Waals surface area contributed by atoms with Crippen molar-refractivity contribution in [2.75, 3.05) is 12.9 Å². The molecule has 3 aromatic carbocycles. The van der Waals surface area contributed by atoms with Gasteiger partial charge >= 0.3 is 0 Å². The van der Waals surface area contributed by atoms with E-state index in [9.17, 15) is 9.18 Å². The lowest BCUT2D eigenvalue weighted by atomic mass is 10.1. The molecule has 0 atom stereocenters. The fourth-order valence-corrected chi connectivity index (χ4v) is 4.43. The van der Waals surface area contributed by atoms with Gasteiger partial charge in [-0.2, -0.15) is 0 Å². The minimum atomic E-state index is -0.276. The highest BCUT2D eigenvalue weighted by molar-refractivity contribution is 7.99. The molecule has 0 unspecified atom stereocenters. The number of para-hydroxylation sites is 1. The second-order valence-electron chi connectivity index (χ2n) is 8.04. The third kappa shape index (κ3) is 6.27. The molecule has 0 fully saturated rings. The van der Waals surface area contributed by atoms with Crippen molar-refractivity contribution in [3.05, 3.63) is 95.3 Å². The molecule has 1 heterocycles. The number of nitrogens with one attached hydrogen (secondary N) is 1. The van der Waals surface area contributed by atoms with Crippen molar-refractivity contribution in [3.63, 3.8) is 0 Å². The lowest BCUT2D eigenvalue weighted by Gasteiger charge is -2.12. The summed E-state index contributed by atoms with van der Waals surface area (Å²) in [4.78, 5) is 12.5. The number of nitrogens with zero attached hydrogens (tertiary/aromatic N) is 3. The molecule has 1 amide bonds. The summed E-state index contributed by atoms with van der Waals surface area (Å²) in [6.07, 6.45) is 0.791. The van der Waals surface area contributed by atoms with Crippen LogP contribution in [0.25, 0.3) is 11.4 Å². The zero-order chi connectivity index (χ0) is 24.6. The number of ether oxygens (including phenoxy) is 1. The average Bonchev–Trinajstić information content (AvgIpc) is 3.30. The number of methoxy groups -OCH3 is 1. The molecule has 0 aliphatic rings. The number of aromatic nitrogens is 3. The molecule has 0 aliphatic carbocycles. The van der Waals surface area contributed by atoms with Crippen molar-refractivity contribution in [1.29, 1.82) is 0 Å². The monoisotopic (exact) mass is 490 g/mol. The quantitative estimate of drug-likeness (QED) is 0.315. The highest BCUT2D eigenvalue weighted by atomic mass is 32.2. The first kappa shape index (κ1) is 24.5. The smallest absolute Gasteiger partial charge is 0.230 e. The summed E-state index contributed by atoms with van der Waals surface area (Å²) in [5.41, 5.74) is 3.34. The number of carbonyl (C=O) groups excluding carboxylic acids is 1. The van der Waals surface area contributed by atoms with Crippen molar-refractivity contribution in [3.8, 4) is 17.1 Å². The van der Waals surface area contributed by atoms with Gasteiger partial charge in [-0.1, -0.05) is 66.4 Å². The number of aryl methyl sites for hydroxylation is 2. The molecule has 6 nitrogen and oxygen atoms in total. The number of amides is 1. The van der Waals surface area contributed by atoms with Crippen molar-refractivity contribution in [2.24, 2.45) is 0 Å². The molecule has 35 heavy (non-hydrogen) atoms. The van der Waals surface area contributed by atoms with Crippen LogP contribution >= 0.6 is 11.8 Å². The Morgan fingerprint density at radius 3 is 2.57 bits per heavy atom. The first-order valence-electron chi connectivity index (χ1n) is 11.3. The minimum Gasteiger partial charge on any atom is -0.496 e. The number of benzene rings is 3. The van der Waals surface area contributed by atoms with Crippen LogP contribution in [0.4, 0.5) is 4.39 Å². The van der Waals surface area contributed by atoms with Crippen molar-refractivity contribution in [2.45, 2.75) is 31.6 Å². The molecular formula is C27H27FN4O2S. The van der Waals surface area contributed by atoms with Gasteiger partial charge in [-0.3, -0.25) is 4.79 Å². The van der Waals surface area contributed by atoms with E-state index < -0.39 is 0 Å². The third-order valence-electron chi connectivity index (χ3n) is 5.59. The van der Waals surface area contributed by atoms with Crippen LogP contribution in [0.15, 0.2) is 78.0 Å². The Labute approximate surface area is 208 Å². The maximum atomic E-state index is 13.8. The van der Waals surface area contributed by atoms with E-state index in [0.29, 0.717) is 28.8 Å². The molecule has 0 saturated heterocycles. The van der Waals surface area contributed by atoms with Crippen LogP contribution in [0, 0.1) is 12.7 Å². The number of hydrogen-bond acceptors (Lipinski definition) is 5. The first-order chi connectivity index (χ1) is 17.0. The zero-order valence-corrected chi connectivity index (χ0v) is 20.5. The molecule has 1 N–H and O–H groups in total. The highest BCUT2D eigenvalue weighted by Gasteiger charge is 2.18. The zero-order valence-electron chi connectivity index (χ0n) is 19.7. The van der Waals surface area contributed by atoms with Gasteiger partial charge < -0.3 is 14.6 Å². The Morgan fingerprint density at radius 1 is 1.03 bits per heavy atom. The topological polar surface area (TPSA) is 69.0 Å². The molecule has 4 aromatic rings. The summed E-state index contributed by atoms with van der Waals surface area (Å²) in [5, 5.41) is 12.3. The summed E-state index contributed by atoms with van der Waals surface area (Å²) in [7, 11) is 1.63. The molecule has 0 aliphatic heterocycles. The van der Waals surface area contributed by atoms with Crippen LogP contribution in [-0.4, -0.2) is 33.5 Å². The van der Waals surface area contributed by atoms with E-state index in [2.05, 4.69) is 27.6 Å². The fraction of sp³-hybridized carbons (Fsp3) is 0.222. The Morgan fingerprint density at radius 2 is 1.80 bits per heavy atom. The Hall–Kier alpha value is -3.65. The summed E-state index contributed by atoms with van der Waals surface area (Å²) < 4.78 is 21.3. The normalized spacial score (nSPS) is 10.8. The number of thioether (sulfide) groups is 1. The SMILES string of the molecule is COc1ccccc1-c1nnc(SCC(=O)NCc2ccc(C)c(F)c2)n1CCc1ccccc1.